The molecule has 0 aromatic heterocycles. The Morgan fingerprint density at radius 2 is 1.65 bits per heavy atom. The van der Waals surface area contributed by atoms with E-state index in [0.29, 0.717) is 24.7 Å². The number of anilines is 1. The van der Waals surface area contributed by atoms with Crippen LogP contribution in [-0.4, -0.2) is 38.1 Å². The largest absolute Gasteiger partial charge is 0.490 e. The van der Waals surface area contributed by atoms with Crippen LogP contribution in [0, 0.1) is 0 Å². The number of nitrogens with zero attached hydrogens (tertiary/aromatic N) is 1. The van der Waals surface area contributed by atoms with E-state index in [-0.39, 0.29) is 24.9 Å². The van der Waals surface area contributed by atoms with Gasteiger partial charge in [-0.25, -0.2) is 0 Å². The fourth-order valence-corrected chi connectivity index (χ4v) is 2.06. The van der Waals surface area contributed by atoms with Gasteiger partial charge in [0.25, 0.3) is 0 Å². The van der Waals surface area contributed by atoms with Crippen molar-refractivity contribution in [3.8, 4) is 11.5 Å². The maximum Gasteiger partial charge on any atom is 0.246 e. The molecule has 108 valence electrons. The standard InChI is InChI=1S/C14H18N2O4/c1-3-19-11-6-5-10(7-12(11)20-4-2)16-8-13(17)15-14(18)9-16/h5-7H,3-4,8-9H2,1-2H3,(H,15,17,18). The van der Waals surface area contributed by atoms with Crippen molar-refractivity contribution in [3.05, 3.63) is 18.2 Å². The van der Waals surface area contributed by atoms with E-state index in [4.69, 9.17) is 9.47 Å². The van der Waals surface area contributed by atoms with E-state index in [1.54, 1.807) is 17.0 Å². The number of carbonyl (C=O) groups excluding carboxylic acids is 2. The van der Waals surface area contributed by atoms with Crippen LogP contribution in [0.3, 0.4) is 0 Å². The molecular formula is C14H18N2O4. The Hall–Kier alpha value is -2.24. The highest BCUT2D eigenvalue weighted by molar-refractivity contribution is 6.02. The maximum atomic E-state index is 11.4. The van der Waals surface area contributed by atoms with Gasteiger partial charge in [0.05, 0.1) is 26.3 Å². The number of imide groups is 1. The summed E-state index contributed by atoms with van der Waals surface area (Å²) in [6, 6.07) is 5.40. The van der Waals surface area contributed by atoms with Gasteiger partial charge in [-0.1, -0.05) is 0 Å². The topological polar surface area (TPSA) is 67.9 Å². The third-order valence-corrected chi connectivity index (χ3v) is 2.84. The number of ether oxygens (including phenoxy) is 2. The smallest absolute Gasteiger partial charge is 0.246 e. The molecule has 0 unspecified atom stereocenters. The summed E-state index contributed by atoms with van der Waals surface area (Å²) in [7, 11) is 0. The van der Waals surface area contributed by atoms with Gasteiger partial charge in [0.2, 0.25) is 11.8 Å². The Morgan fingerprint density at radius 3 is 2.25 bits per heavy atom. The average Bonchev–Trinajstić information content (AvgIpc) is 2.40. The minimum Gasteiger partial charge on any atom is -0.490 e. The van der Waals surface area contributed by atoms with Crippen LogP contribution in [0.15, 0.2) is 18.2 Å². The molecule has 1 aliphatic heterocycles. The summed E-state index contributed by atoms with van der Waals surface area (Å²) in [5.41, 5.74) is 0.764. The third-order valence-electron chi connectivity index (χ3n) is 2.84. The van der Waals surface area contributed by atoms with Crippen LogP contribution in [-0.2, 0) is 9.59 Å². The number of carbonyl (C=O) groups is 2. The molecule has 2 rings (SSSR count). The van der Waals surface area contributed by atoms with Crippen LogP contribution in [0.2, 0.25) is 0 Å². The summed E-state index contributed by atoms with van der Waals surface area (Å²) in [6.07, 6.45) is 0. The molecule has 20 heavy (non-hydrogen) atoms. The summed E-state index contributed by atoms with van der Waals surface area (Å²) in [4.78, 5) is 24.5. The lowest BCUT2D eigenvalue weighted by atomic mass is 10.2. The van der Waals surface area contributed by atoms with Gasteiger partial charge in [0.1, 0.15) is 0 Å². The molecule has 1 saturated heterocycles. The molecule has 1 aromatic rings. The van der Waals surface area contributed by atoms with E-state index in [0.717, 1.165) is 5.69 Å². The van der Waals surface area contributed by atoms with Crippen molar-refractivity contribution in [3.63, 3.8) is 0 Å². The van der Waals surface area contributed by atoms with Crippen LogP contribution in [0.5, 0.6) is 11.5 Å². The number of rotatable bonds is 5. The molecule has 1 fully saturated rings. The van der Waals surface area contributed by atoms with Gasteiger partial charge in [-0.05, 0) is 26.0 Å². The van der Waals surface area contributed by atoms with Crippen LogP contribution >= 0.6 is 0 Å². The molecule has 6 nitrogen and oxygen atoms in total. The van der Waals surface area contributed by atoms with E-state index in [1.165, 1.54) is 0 Å². The molecule has 2 amide bonds. The lowest BCUT2D eigenvalue weighted by molar-refractivity contribution is -0.130. The third kappa shape index (κ3) is 3.20. The fraction of sp³-hybridized carbons (Fsp3) is 0.429. The molecule has 0 bridgehead atoms. The SMILES string of the molecule is CCOc1ccc(N2CC(=O)NC(=O)C2)cc1OCC. The Balaban J connectivity index is 2.25. The average molecular weight is 278 g/mol. The number of hydrogen-bond acceptors (Lipinski definition) is 5. The molecule has 0 atom stereocenters. The predicted molar refractivity (Wildman–Crippen MR) is 74.1 cm³/mol. The van der Waals surface area contributed by atoms with Crippen molar-refractivity contribution >= 4 is 17.5 Å². The molecule has 0 aliphatic carbocycles. The zero-order chi connectivity index (χ0) is 14.5. The number of piperazine rings is 1. The van der Waals surface area contributed by atoms with Crippen molar-refractivity contribution in [1.29, 1.82) is 0 Å². The van der Waals surface area contributed by atoms with Crippen molar-refractivity contribution < 1.29 is 19.1 Å². The monoisotopic (exact) mass is 278 g/mol. The molecule has 1 aromatic carbocycles. The highest BCUT2D eigenvalue weighted by atomic mass is 16.5. The number of hydrogen-bond donors (Lipinski definition) is 1. The fourth-order valence-electron chi connectivity index (χ4n) is 2.06. The molecule has 6 heteroatoms. The number of benzene rings is 1. The summed E-state index contributed by atoms with van der Waals surface area (Å²) < 4.78 is 11.0. The van der Waals surface area contributed by atoms with Crippen LogP contribution in [0.4, 0.5) is 5.69 Å². The highest BCUT2D eigenvalue weighted by Crippen LogP contribution is 2.32. The van der Waals surface area contributed by atoms with Crippen LogP contribution in [0.25, 0.3) is 0 Å². The minimum atomic E-state index is -0.298. The van der Waals surface area contributed by atoms with Gasteiger partial charge in [0.15, 0.2) is 11.5 Å². The van der Waals surface area contributed by atoms with Gasteiger partial charge < -0.3 is 14.4 Å². The number of amides is 2. The van der Waals surface area contributed by atoms with Crippen molar-refractivity contribution in [2.24, 2.45) is 0 Å². The Kier molecular flexibility index (Phi) is 4.45. The quantitative estimate of drug-likeness (QED) is 0.812. The van der Waals surface area contributed by atoms with Crippen LogP contribution < -0.4 is 19.7 Å². The summed E-state index contributed by atoms with van der Waals surface area (Å²) in [5.74, 6) is 0.678. The van der Waals surface area contributed by atoms with E-state index >= 15 is 0 Å². The molecule has 1 heterocycles. The second-order valence-electron chi connectivity index (χ2n) is 4.32. The van der Waals surface area contributed by atoms with Crippen LogP contribution in [0.1, 0.15) is 13.8 Å². The van der Waals surface area contributed by atoms with Crippen molar-refractivity contribution in [2.75, 3.05) is 31.2 Å². The van der Waals surface area contributed by atoms with E-state index in [9.17, 15) is 9.59 Å². The van der Waals surface area contributed by atoms with E-state index in [2.05, 4.69) is 5.32 Å². The van der Waals surface area contributed by atoms with Crippen molar-refractivity contribution in [2.45, 2.75) is 13.8 Å². The molecule has 1 aliphatic rings. The molecule has 0 spiro atoms. The first-order valence-electron chi connectivity index (χ1n) is 6.61. The normalized spacial score (nSPS) is 15.0. The highest BCUT2D eigenvalue weighted by Gasteiger charge is 2.23. The molecule has 0 saturated carbocycles. The van der Waals surface area contributed by atoms with Gasteiger partial charge in [-0.15, -0.1) is 0 Å². The molecule has 0 radical (unpaired) electrons. The predicted octanol–water partition coefficient (Wildman–Crippen LogP) is 0.947. The van der Waals surface area contributed by atoms with E-state index in [1.807, 2.05) is 19.9 Å². The summed E-state index contributed by atoms with van der Waals surface area (Å²) >= 11 is 0. The summed E-state index contributed by atoms with van der Waals surface area (Å²) in [5, 5.41) is 2.27. The minimum absolute atomic E-state index is 0.158. The van der Waals surface area contributed by atoms with Gasteiger partial charge in [-0.2, -0.15) is 0 Å². The molecule has 1 N–H and O–H groups in total. The van der Waals surface area contributed by atoms with E-state index < -0.39 is 0 Å². The zero-order valence-electron chi connectivity index (χ0n) is 11.6. The lowest BCUT2D eigenvalue weighted by Gasteiger charge is -2.28. The van der Waals surface area contributed by atoms with Gasteiger partial charge in [-0.3, -0.25) is 14.9 Å². The Bertz CT molecular complexity index is 500. The summed E-state index contributed by atoms with van der Waals surface area (Å²) in [6.45, 7) is 5.17. The second-order valence-corrected chi connectivity index (χ2v) is 4.32. The second kappa shape index (κ2) is 6.27. The number of nitrogens with one attached hydrogen (secondary N) is 1. The van der Waals surface area contributed by atoms with Crippen molar-refractivity contribution in [1.82, 2.24) is 5.32 Å². The molecular weight excluding hydrogens is 260 g/mol. The first-order chi connectivity index (χ1) is 9.63. The maximum absolute atomic E-state index is 11.4. The Labute approximate surface area is 117 Å². The van der Waals surface area contributed by atoms with Gasteiger partial charge >= 0.3 is 0 Å². The lowest BCUT2D eigenvalue weighted by Crippen LogP contribution is -2.51. The first-order valence-corrected chi connectivity index (χ1v) is 6.61. The zero-order valence-corrected chi connectivity index (χ0v) is 11.6. The van der Waals surface area contributed by atoms with Gasteiger partial charge in [0, 0.05) is 11.8 Å². The Morgan fingerprint density at radius 1 is 1.05 bits per heavy atom. The first kappa shape index (κ1) is 14.2.